The summed E-state index contributed by atoms with van der Waals surface area (Å²) in [5, 5.41) is 0. The SMILES string of the molecule is Cc1ncsc1CCC(=O)N1CCCC(C(=O)c2ccc(Oc3ccccc3)cc2)C1. The Labute approximate surface area is 186 Å². The molecule has 5 nitrogen and oxygen atoms in total. The third kappa shape index (κ3) is 5.39. The van der Waals surface area contributed by atoms with Crippen molar-refractivity contribution in [3.63, 3.8) is 0 Å². The molecule has 31 heavy (non-hydrogen) atoms. The Morgan fingerprint density at radius 1 is 1.10 bits per heavy atom. The number of amides is 1. The molecule has 0 bridgehead atoms. The maximum atomic E-state index is 13.0. The van der Waals surface area contributed by atoms with E-state index < -0.39 is 0 Å². The summed E-state index contributed by atoms with van der Waals surface area (Å²) >= 11 is 1.60. The first-order valence-corrected chi connectivity index (χ1v) is 11.5. The van der Waals surface area contributed by atoms with E-state index in [2.05, 4.69) is 4.98 Å². The maximum Gasteiger partial charge on any atom is 0.222 e. The Morgan fingerprint density at radius 3 is 2.55 bits per heavy atom. The van der Waals surface area contributed by atoms with Gasteiger partial charge in [0, 0.05) is 35.9 Å². The largest absolute Gasteiger partial charge is 0.457 e. The van der Waals surface area contributed by atoms with Gasteiger partial charge in [0.2, 0.25) is 5.91 Å². The van der Waals surface area contributed by atoms with Gasteiger partial charge in [-0.1, -0.05) is 18.2 Å². The summed E-state index contributed by atoms with van der Waals surface area (Å²) in [6.45, 7) is 3.21. The second-order valence-electron chi connectivity index (χ2n) is 7.84. The summed E-state index contributed by atoms with van der Waals surface area (Å²) in [4.78, 5) is 33.0. The van der Waals surface area contributed by atoms with E-state index in [1.54, 1.807) is 11.3 Å². The number of carbonyl (C=O) groups is 2. The molecule has 0 radical (unpaired) electrons. The van der Waals surface area contributed by atoms with E-state index in [4.69, 9.17) is 4.74 Å². The van der Waals surface area contributed by atoms with Gasteiger partial charge in [-0.25, -0.2) is 4.98 Å². The molecule has 1 atom stereocenters. The number of thiazole rings is 1. The van der Waals surface area contributed by atoms with Crippen LogP contribution in [0.2, 0.25) is 0 Å². The number of Topliss-reactive ketones (excluding diaryl/α,β-unsaturated/α-hetero) is 1. The summed E-state index contributed by atoms with van der Waals surface area (Å²) in [5.74, 6) is 1.53. The summed E-state index contributed by atoms with van der Waals surface area (Å²) < 4.78 is 5.81. The zero-order chi connectivity index (χ0) is 21.6. The van der Waals surface area contributed by atoms with E-state index in [1.807, 2.05) is 71.9 Å². The third-order valence-electron chi connectivity index (χ3n) is 5.67. The Balaban J connectivity index is 1.33. The Morgan fingerprint density at radius 2 is 1.84 bits per heavy atom. The minimum atomic E-state index is -0.149. The number of benzene rings is 2. The van der Waals surface area contributed by atoms with E-state index in [1.165, 1.54) is 0 Å². The molecular formula is C25H26N2O3S. The topological polar surface area (TPSA) is 59.5 Å². The lowest BCUT2D eigenvalue weighted by Gasteiger charge is -2.32. The highest BCUT2D eigenvalue weighted by atomic mass is 32.1. The molecule has 0 saturated carbocycles. The predicted molar refractivity (Wildman–Crippen MR) is 122 cm³/mol. The number of carbonyl (C=O) groups excluding carboxylic acids is 2. The summed E-state index contributed by atoms with van der Waals surface area (Å²) in [7, 11) is 0. The Hall–Kier alpha value is -2.99. The van der Waals surface area contributed by atoms with Gasteiger partial charge >= 0.3 is 0 Å². The summed E-state index contributed by atoms with van der Waals surface area (Å²) in [6, 6.07) is 16.8. The highest BCUT2D eigenvalue weighted by Gasteiger charge is 2.29. The fraction of sp³-hybridized carbons (Fsp3) is 0.320. The highest BCUT2D eigenvalue weighted by molar-refractivity contribution is 7.09. The minimum absolute atomic E-state index is 0.0991. The van der Waals surface area contributed by atoms with Gasteiger partial charge in [0.25, 0.3) is 0 Å². The normalized spacial score (nSPS) is 16.2. The second kappa shape index (κ2) is 9.88. The number of hydrogen-bond acceptors (Lipinski definition) is 5. The second-order valence-corrected chi connectivity index (χ2v) is 8.78. The van der Waals surface area contributed by atoms with Gasteiger partial charge < -0.3 is 9.64 Å². The molecule has 2 aromatic carbocycles. The first kappa shape index (κ1) is 21.2. The van der Waals surface area contributed by atoms with Crippen LogP contribution in [0.3, 0.4) is 0 Å². The van der Waals surface area contributed by atoms with E-state index in [0.29, 0.717) is 30.7 Å². The van der Waals surface area contributed by atoms with Crippen molar-refractivity contribution in [3.05, 3.63) is 76.2 Å². The number of para-hydroxylation sites is 1. The van der Waals surface area contributed by atoms with Crippen molar-refractivity contribution >= 4 is 23.0 Å². The average Bonchev–Trinajstić information content (AvgIpc) is 3.23. The Kier molecular flexibility index (Phi) is 6.77. The lowest BCUT2D eigenvalue weighted by Crippen LogP contribution is -2.42. The molecule has 1 aliphatic rings. The third-order valence-corrected chi connectivity index (χ3v) is 6.67. The molecule has 1 saturated heterocycles. The molecule has 1 aromatic heterocycles. The fourth-order valence-corrected chi connectivity index (χ4v) is 4.69. The van der Waals surface area contributed by atoms with Crippen molar-refractivity contribution in [3.8, 4) is 11.5 Å². The van der Waals surface area contributed by atoms with E-state index in [9.17, 15) is 9.59 Å². The Bertz CT molecular complexity index is 1030. The molecule has 2 heterocycles. The molecule has 0 aliphatic carbocycles. The van der Waals surface area contributed by atoms with Crippen LogP contribution in [-0.4, -0.2) is 34.7 Å². The van der Waals surface area contributed by atoms with E-state index in [0.717, 1.165) is 35.7 Å². The van der Waals surface area contributed by atoms with Crippen LogP contribution in [0.15, 0.2) is 60.1 Å². The van der Waals surface area contributed by atoms with Gasteiger partial charge in [-0.3, -0.25) is 9.59 Å². The van der Waals surface area contributed by atoms with Crippen molar-refractivity contribution in [2.24, 2.45) is 5.92 Å². The highest BCUT2D eigenvalue weighted by Crippen LogP contribution is 2.25. The predicted octanol–water partition coefficient (Wildman–Crippen LogP) is 5.30. The van der Waals surface area contributed by atoms with Crippen molar-refractivity contribution < 1.29 is 14.3 Å². The van der Waals surface area contributed by atoms with Crippen molar-refractivity contribution in [1.82, 2.24) is 9.88 Å². The molecular weight excluding hydrogens is 408 g/mol. The number of rotatable bonds is 7. The van der Waals surface area contributed by atoms with Gasteiger partial charge in [-0.05, 0) is 62.6 Å². The quantitative estimate of drug-likeness (QED) is 0.474. The van der Waals surface area contributed by atoms with Crippen LogP contribution in [-0.2, 0) is 11.2 Å². The van der Waals surface area contributed by atoms with Crippen molar-refractivity contribution in [2.45, 2.75) is 32.6 Å². The maximum absolute atomic E-state index is 13.0. The number of aryl methyl sites for hydroxylation is 2. The zero-order valence-corrected chi connectivity index (χ0v) is 18.4. The van der Waals surface area contributed by atoms with Gasteiger partial charge in [-0.15, -0.1) is 11.3 Å². The number of nitrogens with zero attached hydrogens (tertiary/aromatic N) is 2. The molecule has 160 valence electrons. The smallest absolute Gasteiger partial charge is 0.222 e. The molecule has 1 aliphatic heterocycles. The van der Waals surface area contributed by atoms with E-state index in [-0.39, 0.29) is 17.6 Å². The molecule has 1 unspecified atom stereocenters. The van der Waals surface area contributed by atoms with Gasteiger partial charge in [-0.2, -0.15) is 0 Å². The van der Waals surface area contributed by atoms with Crippen LogP contribution in [0.5, 0.6) is 11.5 Å². The lowest BCUT2D eigenvalue weighted by molar-refractivity contribution is -0.132. The molecule has 1 amide bonds. The van der Waals surface area contributed by atoms with Crippen LogP contribution in [0.1, 0.15) is 40.2 Å². The zero-order valence-electron chi connectivity index (χ0n) is 17.6. The van der Waals surface area contributed by atoms with Gasteiger partial charge in [0.1, 0.15) is 11.5 Å². The van der Waals surface area contributed by atoms with Gasteiger partial charge in [0.05, 0.1) is 11.2 Å². The molecule has 6 heteroatoms. The summed E-state index contributed by atoms with van der Waals surface area (Å²) in [6.07, 6.45) is 2.86. The standard InChI is InChI=1S/C25H26N2O3S/c1-18-23(31-17-26-18)13-14-24(28)27-15-5-6-20(16-27)25(29)19-9-11-22(12-10-19)30-21-7-3-2-4-8-21/h2-4,7-12,17,20H,5-6,13-16H2,1H3. The monoisotopic (exact) mass is 434 g/mol. The first-order chi connectivity index (χ1) is 15.1. The fourth-order valence-electron chi connectivity index (χ4n) is 3.91. The number of piperidine rings is 1. The van der Waals surface area contributed by atoms with Crippen LogP contribution >= 0.6 is 11.3 Å². The van der Waals surface area contributed by atoms with Crippen molar-refractivity contribution in [2.75, 3.05) is 13.1 Å². The molecule has 3 aromatic rings. The molecule has 0 spiro atoms. The van der Waals surface area contributed by atoms with E-state index >= 15 is 0 Å². The van der Waals surface area contributed by atoms with Crippen LogP contribution in [0, 0.1) is 12.8 Å². The number of likely N-dealkylation sites (tertiary alicyclic amines) is 1. The number of ketones is 1. The van der Waals surface area contributed by atoms with Crippen LogP contribution < -0.4 is 4.74 Å². The molecule has 0 N–H and O–H groups in total. The van der Waals surface area contributed by atoms with Crippen LogP contribution in [0.4, 0.5) is 0 Å². The average molecular weight is 435 g/mol. The molecule has 1 fully saturated rings. The number of ether oxygens (including phenoxy) is 1. The minimum Gasteiger partial charge on any atom is -0.457 e. The summed E-state index contributed by atoms with van der Waals surface area (Å²) in [5.41, 5.74) is 3.49. The van der Waals surface area contributed by atoms with Crippen molar-refractivity contribution in [1.29, 1.82) is 0 Å². The van der Waals surface area contributed by atoms with Crippen LogP contribution in [0.25, 0.3) is 0 Å². The first-order valence-electron chi connectivity index (χ1n) is 10.6. The number of hydrogen-bond donors (Lipinski definition) is 0. The number of aromatic nitrogens is 1. The van der Waals surface area contributed by atoms with Gasteiger partial charge in [0.15, 0.2) is 5.78 Å². The lowest BCUT2D eigenvalue weighted by atomic mass is 9.89. The molecule has 4 rings (SSSR count).